The van der Waals surface area contributed by atoms with Gasteiger partial charge in [0.25, 0.3) is 5.78 Å². The average molecular weight is 947 g/mol. The number of anilines is 4. The molecule has 0 saturated carbocycles. The lowest BCUT2D eigenvalue weighted by Crippen LogP contribution is -2.46. The number of carbonyl (C=O) groups is 1. The van der Waals surface area contributed by atoms with Crippen molar-refractivity contribution in [2.45, 2.75) is 25.9 Å². The molecule has 2 heterocycles. The van der Waals surface area contributed by atoms with Gasteiger partial charge >= 0.3 is 12.4 Å². The van der Waals surface area contributed by atoms with Crippen LogP contribution >= 0.6 is 55.1 Å². The molecule has 2 aliphatic heterocycles. The van der Waals surface area contributed by atoms with Crippen molar-refractivity contribution in [2.24, 2.45) is 0 Å². The third-order valence-corrected chi connectivity index (χ3v) is 9.64. The fourth-order valence-electron chi connectivity index (χ4n) is 5.79. The summed E-state index contributed by atoms with van der Waals surface area (Å²) in [5, 5.41) is 9.48. The summed E-state index contributed by atoms with van der Waals surface area (Å²) in [6.45, 7) is 6.44. The fraction of sp³-hybridized carbons (Fsp3) is 0.342. The zero-order valence-corrected chi connectivity index (χ0v) is 33.3. The quantitative estimate of drug-likeness (QED) is 0.118. The van der Waals surface area contributed by atoms with Crippen LogP contribution in [-0.2, 0) is 0 Å². The molecule has 0 amide bonds. The third kappa shape index (κ3) is 14.0. The second kappa shape index (κ2) is 21.9. The largest absolute Gasteiger partial charge is 0.454 e. The fourth-order valence-corrected chi connectivity index (χ4v) is 6.32. The average Bonchev–Trinajstić information content (AvgIpc) is 3.15. The van der Waals surface area contributed by atoms with E-state index in [1.165, 1.54) is 24.3 Å². The van der Waals surface area contributed by atoms with Crippen molar-refractivity contribution in [2.75, 3.05) is 77.3 Å². The monoisotopic (exact) mass is 944 g/mol. The number of alkyl halides is 8. The van der Waals surface area contributed by atoms with Crippen LogP contribution in [0.3, 0.4) is 0 Å². The summed E-state index contributed by atoms with van der Waals surface area (Å²) in [6, 6.07) is 27.8. The Labute approximate surface area is 344 Å². The number of Topliss-reactive ketones (excluding diaryl/α,β-unsaturated/α-hetero) is 1. The number of hydrogen-bond acceptors (Lipinski definition) is 6. The van der Waals surface area contributed by atoms with Gasteiger partial charge in [-0.3, -0.25) is 4.79 Å². The van der Waals surface area contributed by atoms with Gasteiger partial charge in [0.05, 0.1) is 5.34 Å². The van der Waals surface area contributed by atoms with E-state index >= 15 is 0 Å². The molecule has 7 nitrogen and oxygen atoms in total. The standard InChI is InChI=1S/C18H18BrF3N2O.C18H16BrF3N2O.CH2Cl2.CH4.H2O/c2*19-14-3-7-16(8-4-14)24-11-9-23(10-12-24)15-5-1-13(2-6-15)17(25)18(20,21)22;2-1-3;;/h1-8,17,25H,9-12H2;1-8H,9-12H2;1H2;1H4;1H2. The van der Waals surface area contributed by atoms with E-state index in [4.69, 9.17) is 23.2 Å². The molecule has 3 N–H and O–H groups in total. The summed E-state index contributed by atoms with van der Waals surface area (Å²) < 4.78 is 77.1. The van der Waals surface area contributed by atoms with Crippen molar-refractivity contribution in [3.05, 3.63) is 117 Å². The topological polar surface area (TPSA) is 81.8 Å². The highest BCUT2D eigenvalue weighted by atomic mass is 79.9. The second-order valence-electron chi connectivity index (χ2n) is 11.9. The molecular formula is C38H42Br2Cl2F6N4O3. The molecule has 6 rings (SSSR count). The normalized spacial score (nSPS) is 15.0. The SMILES string of the molecule is C.ClCCl.O.O=C(c1ccc(N2CCN(c3ccc(Br)cc3)CC2)cc1)C(F)(F)F.OC(c1ccc(N2CCN(c3ccc(Br)cc3)CC2)cc1)C(F)(F)F. The van der Waals surface area contributed by atoms with Gasteiger partial charge in [0.2, 0.25) is 0 Å². The highest BCUT2D eigenvalue weighted by Crippen LogP contribution is 2.33. The third-order valence-electron chi connectivity index (χ3n) is 8.58. The lowest BCUT2D eigenvalue weighted by atomic mass is 10.1. The maximum atomic E-state index is 12.6. The van der Waals surface area contributed by atoms with E-state index in [0.717, 1.165) is 84.1 Å². The number of halogens is 10. The Morgan fingerprint density at radius 3 is 1.09 bits per heavy atom. The number of aliphatic hydroxyl groups excluding tert-OH is 1. The summed E-state index contributed by atoms with van der Waals surface area (Å²) >= 11 is 16.4. The first kappa shape index (κ1) is 47.9. The van der Waals surface area contributed by atoms with Crippen molar-refractivity contribution in [3.63, 3.8) is 0 Å². The van der Waals surface area contributed by atoms with Crippen LogP contribution in [-0.4, -0.2) is 86.4 Å². The summed E-state index contributed by atoms with van der Waals surface area (Å²) in [4.78, 5) is 20.0. The van der Waals surface area contributed by atoms with Crippen LogP contribution < -0.4 is 19.6 Å². The van der Waals surface area contributed by atoms with Gasteiger partial charge in [-0.1, -0.05) is 51.4 Å². The molecule has 0 radical (unpaired) electrons. The number of rotatable bonds is 6. The zero-order valence-electron chi connectivity index (χ0n) is 28.6. The van der Waals surface area contributed by atoms with Gasteiger partial charge in [-0.2, -0.15) is 26.3 Å². The Hall–Kier alpha value is -3.21. The molecule has 4 aromatic rings. The first-order valence-electron chi connectivity index (χ1n) is 16.3. The Morgan fingerprint density at radius 1 is 0.582 bits per heavy atom. The lowest BCUT2D eigenvalue weighted by molar-refractivity contribution is -0.206. The summed E-state index contributed by atoms with van der Waals surface area (Å²) in [5.74, 6) is -1.81. The molecule has 302 valence electrons. The van der Waals surface area contributed by atoms with E-state index < -0.39 is 24.2 Å². The van der Waals surface area contributed by atoms with E-state index in [-0.39, 0.29) is 29.4 Å². The molecule has 17 heteroatoms. The van der Waals surface area contributed by atoms with Gasteiger partial charge in [-0.15, -0.1) is 23.2 Å². The Balaban J connectivity index is 0.000000343. The zero-order chi connectivity index (χ0) is 38.8. The van der Waals surface area contributed by atoms with E-state index in [1.54, 1.807) is 24.3 Å². The Bertz CT molecular complexity index is 1720. The number of ketones is 1. The minimum atomic E-state index is -4.84. The molecule has 0 bridgehead atoms. The molecule has 2 aliphatic rings. The maximum Gasteiger partial charge on any atom is 0.454 e. The molecule has 55 heavy (non-hydrogen) atoms. The van der Waals surface area contributed by atoms with E-state index in [0.29, 0.717) is 0 Å². The predicted octanol–water partition coefficient (Wildman–Crippen LogP) is 10.1. The van der Waals surface area contributed by atoms with Gasteiger partial charge in [-0.05, 0) is 90.5 Å². The van der Waals surface area contributed by atoms with Crippen LogP contribution in [0, 0.1) is 0 Å². The van der Waals surface area contributed by atoms with Crippen LogP contribution in [0.4, 0.5) is 49.1 Å². The van der Waals surface area contributed by atoms with E-state index in [1.807, 2.05) is 24.3 Å². The van der Waals surface area contributed by atoms with Crippen molar-refractivity contribution in [3.8, 4) is 0 Å². The molecule has 2 fully saturated rings. The molecule has 0 aliphatic carbocycles. The van der Waals surface area contributed by atoms with Gasteiger partial charge in [0, 0.05) is 89.6 Å². The minimum Gasteiger partial charge on any atom is -0.412 e. The number of benzene rings is 4. The minimum absolute atomic E-state index is 0. The van der Waals surface area contributed by atoms with Crippen molar-refractivity contribution < 1.29 is 41.7 Å². The summed E-state index contributed by atoms with van der Waals surface area (Å²) in [6.07, 6.45) is -11.9. The summed E-state index contributed by atoms with van der Waals surface area (Å²) in [5.41, 5.74) is 3.54. The molecule has 0 spiro atoms. The Morgan fingerprint density at radius 2 is 0.836 bits per heavy atom. The predicted molar refractivity (Wildman–Crippen MR) is 218 cm³/mol. The van der Waals surface area contributed by atoms with E-state index in [2.05, 4.69) is 75.7 Å². The van der Waals surface area contributed by atoms with Crippen molar-refractivity contribution >= 4 is 83.6 Å². The molecule has 1 atom stereocenters. The molecule has 2 saturated heterocycles. The number of piperazine rings is 2. The molecule has 4 aromatic carbocycles. The maximum absolute atomic E-state index is 12.6. The molecule has 0 aromatic heterocycles. The Kier molecular flexibility index (Phi) is 19.1. The second-order valence-corrected chi connectivity index (χ2v) is 14.6. The van der Waals surface area contributed by atoms with Crippen molar-refractivity contribution in [1.82, 2.24) is 0 Å². The van der Waals surface area contributed by atoms with Gasteiger partial charge in [0.1, 0.15) is 0 Å². The van der Waals surface area contributed by atoms with Gasteiger partial charge in [-0.25, -0.2) is 0 Å². The highest BCUT2D eigenvalue weighted by molar-refractivity contribution is 9.10. The van der Waals surface area contributed by atoms with Crippen molar-refractivity contribution in [1.29, 1.82) is 0 Å². The highest BCUT2D eigenvalue weighted by Gasteiger charge is 2.40. The van der Waals surface area contributed by atoms with Crippen LogP contribution in [0.5, 0.6) is 0 Å². The van der Waals surface area contributed by atoms with Crippen LogP contribution in [0.15, 0.2) is 106 Å². The number of hydrogen-bond donors (Lipinski definition) is 1. The van der Waals surface area contributed by atoms with Crippen LogP contribution in [0.25, 0.3) is 0 Å². The summed E-state index contributed by atoms with van der Waals surface area (Å²) in [7, 11) is 0. The van der Waals surface area contributed by atoms with Crippen LogP contribution in [0.1, 0.15) is 29.5 Å². The number of aliphatic hydroxyl groups is 1. The number of carbonyl (C=O) groups excluding carboxylic acids is 1. The van der Waals surface area contributed by atoms with Gasteiger partial charge < -0.3 is 30.2 Å². The molecule has 1 unspecified atom stereocenters. The van der Waals surface area contributed by atoms with E-state index in [9.17, 15) is 36.2 Å². The first-order valence-corrected chi connectivity index (χ1v) is 19.0. The lowest BCUT2D eigenvalue weighted by Gasteiger charge is -2.37. The van der Waals surface area contributed by atoms with Crippen LogP contribution in [0.2, 0.25) is 0 Å². The number of nitrogens with zero attached hydrogens (tertiary/aromatic N) is 4. The van der Waals surface area contributed by atoms with Gasteiger partial charge in [0.15, 0.2) is 6.10 Å². The molecular weight excluding hydrogens is 905 g/mol. The first-order chi connectivity index (χ1) is 25.1. The smallest absolute Gasteiger partial charge is 0.412 e.